The van der Waals surface area contributed by atoms with Crippen LogP contribution in [0.1, 0.15) is 46.5 Å². The zero-order valence-corrected chi connectivity index (χ0v) is 16.5. The maximum atomic E-state index is 12.8. The lowest BCUT2D eigenvalue weighted by Gasteiger charge is -2.24. The fourth-order valence-corrected chi connectivity index (χ4v) is 3.78. The van der Waals surface area contributed by atoms with Gasteiger partial charge < -0.3 is 10.0 Å². The molecule has 0 spiro atoms. The number of nitrogens with zero attached hydrogens (tertiary/aromatic N) is 3. The number of rotatable bonds is 5. The third kappa shape index (κ3) is 3.71. The summed E-state index contributed by atoms with van der Waals surface area (Å²) in [6.45, 7) is 6.46. The zero-order chi connectivity index (χ0) is 19.9. The summed E-state index contributed by atoms with van der Waals surface area (Å²) in [5.74, 6) is 0.00686. The molecular formula is C23H25N3O2. The molecule has 144 valence electrons. The minimum absolute atomic E-state index is 0.00686. The second kappa shape index (κ2) is 6.91. The first-order chi connectivity index (χ1) is 13.3. The van der Waals surface area contributed by atoms with Crippen LogP contribution in [0.15, 0.2) is 54.9 Å². The normalized spacial score (nSPS) is 13.9. The van der Waals surface area contributed by atoms with Gasteiger partial charge in [-0.05, 0) is 73.7 Å². The maximum absolute atomic E-state index is 12.8. The highest BCUT2D eigenvalue weighted by Crippen LogP contribution is 2.28. The van der Waals surface area contributed by atoms with Crippen molar-refractivity contribution in [3.8, 4) is 5.69 Å². The molecule has 1 aromatic heterocycles. The molecule has 5 heteroatoms. The smallest absolute Gasteiger partial charge is 0.254 e. The Balaban J connectivity index is 1.55. The molecule has 1 aliphatic heterocycles. The van der Waals surface area contributed by atoms with Gasteiger partial charge in [-0.1, -0.05) is 18.2 Å². The lowest BCUT2D eigenvalue weighted by Crippen LogP contribution is -2.38. The SMILES string of the molecule is Cc1cc2c(cc1Cc1ccc(-n3cccn3)cc1)C(=O)N(CC(C)(C)O)C2. The highest BCUT2D eigenvalue weighted by molar-refractivity contribution is 5.98. The Hall–Kier alpha value is -2.92. The monoisotopic (exact) mass is 375 g/mol. The Bertz CT molecular complexity index is 1000. The number of aromatic nitrogens is 2. The van der Waals surface area contributed by atoms with E-state index in [-0.39, 0.29) is 5.91 Å². The van der Waals surface area contributed by atoms with Crippen LogP contribution < -0.4 is 0 Å². The number of hydrogen-bond acceptors (Lipinski definition) is 3. The van der Waals surface area contributed by atoms with Crippen molar-refractivity contribution >= 4 is 5.91 Å². The summed E-state index contributed by atoms with van der Waals surface area (Å²) in [7, 11) is 0. The van der Waals surface area contributed by atoms with Crippen molar-refractivity contribution in [1.29, 1.82) is 0 Å². The van der Waals surface area contributed by atoms with E-state index in [1.165, 1.54) is 11.1 Å². The number of hydrogen-bond donors (Lipinski definition) is 1. The van der Waals surface area contributed by atoms with Crippen molar-refractivity contribution in [2.45, 2.75) is 39.3 Å². The third-order valence-electron chi connectivity index (χ3n) is 5.12. The van der Waals surface area contributed by atoms with E-state index in [0.717, 1.165) is 28.8 Å². The molecule has 0 radical (unpaired) electrons. The third-order valence-corrected chi connectivity index (χ3v) is 5.12. The fourth-order valence-electron chi connectivity index (χ4n) is 3.78. The second-order valence-corrected chi connectivity index (χ2v) is 8.20. The summed E-state index contributed by atoms with van der Waals surface area (Å²) in [6.07, 6.45) is 4.46. The Morgan fingerprint density at radius 1 is 1.18 bits per heavy atom. The van der Waals surface area contributed by atoms with Crippen LogP contribution in [0.5, 0.6) is 0 Å². The average molecular weight is 375 g/mol. The summed E-state index contributed by atoms with van der Waals surface area (Å²) < 4.78 is 1.83. The first kappa shape index (κ1) is 18.4. The molecular weight excluding hydrogens is 350 g/mol. The van der Waals surface area contributed by atoms with Gasteiger partial charge in [-0.25, -0.2) is 4.68 Å². The predicted molar refractivity (Wildman–Crippen MR) is 109 cm³/mol. The molecule has 1 aliphatic rings. The number of carbonyl (C=O) groups excluding carboxylic acids is 1. The molecule has 0 saturated carbocycles. The molecule has 1 N–H and O–H groups in total. The van der Waals surface area contributed by atoms with E-state index in [1.54, 1.807) is 24.9 Å². The van der Waals surface area contributed by atoms with Crippen molar-refractivity contribution in [3.63, 3.8) is 0 Å². The molecule has 2 aromatic carbocycles. The van der Waals surface area contributed by atoms with Gasteiger partial charge in [0.2, 0.25) is 0 Å². The molecule has 4 rings (SSSR count). The number of fused-ring (bicyclic) bond motifs is 1. The number of aliphatic hydroxyl groups is 1. The van der Waals surface area contributed by atoms with Crippen LogP contribution in [0.2, 0.25) is 0 Å². The van der Waals surface area contributed by atoms with E-state index >= 15 is 0 Å². The van der Waals surface area contributed by atoms with Crippen LogP contribution in [0.4, 0.5) is 0 Å². The fraction of sp³-hybridized carbons (Fsp3) is 0.304. The number of β-amino-alcohol motifs (C(OH)–C–C–N with tert-alkyl or cyclic N) is 1. The molecule has 3 aromatic rings. The van der Waals surface area contributed by atoms with Crippen LogP contribution in [0, 0.1) is 6.92 Å². The van der Waals surface area contributed by atoms with Gasteiger partial charge >= 0.3 is 0 Å². The van der Waals surface area contributed by atoms with Crippen molar-refractivity contribution in [2.24, 2.45) is 0 Å². The number of carbonyl (C=O) groups is 1. The minimum atomic E-state index is -0.897. The summed E-state index contributed by atoms with van der Waals surface area (Å²) >= 11 is 0. The highest BCUT2D eigenvalue weighted by Gasteiger charge is 2.31. The summed E-state index contributed by atoms with van der Waals surface area (Å²) in [5, 5.41) is 14.3. The van der Waals surface area contributed by atoms with Crippen molar-refractivity contribution in [1.82, 2.24) is 14.7 Å². The first-order valence-corrected chi connectivity index (χ1v) is 9.53. The summed E-state index contributed by atoms with van der Waals surface area (Å²) in [4.78, 5) is 14.5. The molecule has 0 aliphatic carbocycles. The van der Waals surface area contributed by atoms with E-state index in [1.807, 2.05) is 23.0 Å². The summed E-state index contributed by atoms with van der Waals surface area (Å²) in [6, 6.07) is 14.4. The number of amides is 1. The van der Waals surface area contributed by atoms with Gasteiger partial charge in [0.1, 0.15) is 0 Å². The molecule has 2 heterocycles. The van der Waals surface area contributed by atoms with E-state index in [9.17, 15) is 9.90 Å². The lowest BCUT2D eigenvalue weighted by atomic mass is 9.95. The van der Waals surface area contributed by atoms with Gasteiger partial charge in [-0.15, -0.1) is 0 Å². The first-order valence-electron chi connectivity index (χ1n) is 9.53. The lowest BCUT2D eigenvalue weighted by molar-refractivity contribution is 0.0314. The molecule has 5 nitrogen and oxygen atoms in total. The van der Waals surface area contributed by atoms with Crippen LogP contribution in [-0.4, -0.2) is 37.8 Å². The van der Waals surface area contributed by atoms with Crippen molar-refractivity contribution < 1.29 is 9.90 Å². The quantitative estimate of drug-likeness (QED) is 0.743. The van der Waals surface area contributed by atoms with Gasteiger partial charge in [0.15, 0.2) is 0 Å². The van der Waals surface area contributed by atoms with Gasteiger partial charge in [-0.2, -0.15) is 5.10 Å². The zero-order valence-electron chi connectivity index (χ0n) is 16.5. The standard InChI is InChI=1S/C23H25N3O2/c1-16-11-19-14-25(15-23(2,3)28)22(27)21(19)13-18(16)12-17-5-7-20(8-6-17)26-10-4-9-24-26/h4-11,13,28H,12,14-15H2,1-3H3. The molecule has 1 amide bonds. The van der Waals surface area contributed by atoms with Crippen LogP contribution in [0.3, 0.4) is 0 Å². The number of benzene rings is 2. The van der Waals surface area contributed by atoms with Crippen LogP contribution in [-0.2, 0) is 13.0 Å². The Morgan fingerprint density at radius 2 is 1.93 bits per heavy atom. The second-order valence-electron chi connectivity index (χ2n) is 8.20. The van der Waals surface area contributed by atoms with E-state index in [4.69, 9.17) is 0 Å². The molecule has 0 bridgehead atoms. The topological polar surface area (TPSA) is 58.4 Å². The minimum Gasteiger partial charge on any atom is -0.389 e. The molecule has 28 heavy (non-hydrogen) atoms. The van der Waals surface area contributed by atoms with Crippen molar-refractivity contribution in [3.05, 3.63) is 82.7 Å². The molecule has 0 fully saturated rings. The molecule has 0 atom stereocenters. The van der Waals surface area contributed by atoms with Crippen molar-refractivity contribution in [2.75, 3.05) is 6.54 Å². The van der Waals surface area contributed by atoms with Gasteiger partial charge in [0, 0.05) is 31.0 Å². The van der Waals surface area contributed by atoms with E-state index in [0.29, 0.717) is 13.1 Å². The predicted octanol–water partition coefficient (Wildman–Crippen LogP) is 3.50. The Morgan fingerprint density at radius 3 is 2.57 bits per heavy atom. The maximum Gasteiger partial charge on any atom is 0.254 e. The van der Waals surface area contributed by atoms with Gasteiger partial charge in [0.05, 0.1) is 11.3 Å². The van der Waals surface area contributed by atoms with Crippen LogP contribution in [0.25, 0.3) is 5.69 Å². The molecule has 0 saturated heterocycles. The Labute approximate surface area is 165 Å². The Kier molecular flexibility index (Phi) is 4.55. The number of aryl methyl sites for hydroxylation is 1. The average Bonchev–Trinajstić information content (AvgIpc) is 3.25. The highest BCUT2D eigenvalue weighted by atomic mass is 16.3. The van der Waals surface area contributed by atoms with Gasteiger partial charge in [0.25, 0.3) is 5.91 Å². The largest absolute Gasteiger partial charge is 0.389 e. The van der Waals surface area contributed by atoms with Gasteiger partial charge in [-0.3, -0.25) is 4.79 Å². The molecule has 0 unspecified atom stereocenters. The van der Waals surface area contributed by atoms with E-state index < -0.39 is 5.60 Å². The van der Waals surface area contributed by atoms with E-state index in [2.05, 4.69) is 42.4 Å². The summed E-state index contributed by atoms with van der Waals surface area (Å²) in [5.41, 5.74) is 5.47. The van der Waals surface area contributed by atoms with Crippen LogP contribution >= 0.6 is 0 Å².